The summed E-state index contributed by atoms with van der Waals surface area (Å²) < 4.78 is 5.28. The van der Waals surface area contributed by atoms with Crippen LogP contribution in [0.5, 0.6) is 0 Å². The van der Waals surface area contributed by atoms with Crippen molar-refractivity contribution in [3.63, 3.8) is 0 Å². The van der Waals surface area contributed by atoms with E-state index in [0.29, 0.717) is 43.2 Å². The lowest BCUT2D eigenvalue weighted by molar-refractivity contribution is -0.158. The normalized spacial score (nSPS) is 25.0. The summed E-state index contributed by atoms with van der Waals surface area (Å²) in [5.41, 5.74) is 0. The zero-order valence-corrected chi connectivity index (χ0v) is 19.6. The summed E-state index contributed by atoms with van der Waals surface area (Å²) in [5, 5.41) is 12.5. The maximum Gasteiger partial charge on any atom is 0.413 e. The Balaban J connectivity index is 1.54. The predicted octanol–water partition coefficient (Wildman–Crippen LogP) is 1.62. The maximum atomic E-state index is 13.3. The third-order valence-electron chi connectivity index (χ3n) is 7.21. The average molecular weight is 467 g/mol. The fraction of sp³-hybridized carbons (Fsp3) is 0.826. The van der Waals surface area contributed by atoms with Gasteiger partial charge >= 0.3 is 6.09 Å². The number of piperidine rings is 1. The molecule has 10 heteroatoms. The molecule has 0 spiro atoms. The highest BCUT2D eigenvalue weighted by Crippen LogP contribution is 2.32. The van der Waals surface area contributed by atoms with Gasteiger partial charge in [0.2, 0.25) is 12.3 Å². The second-order valence-electron chi connectivity index (χ2n) is 9.86. The van der Waals surface area contributed by atoms with Gasteiger partial charge in [-0.25, -0.2) is 9.86 Å². The van der Waals surface area contributed by atoms with Crippen LogP contribution in [0.4, 0.5) is 4.79 Å². The summed E-state index contributed by atoms with van der Waals surface area (Å²) in [5.74, 6) is -0.735. The van der Waals surface area contributed by atoms with Crippen molar-refractivity contribution in [2.45, 2.75) is 63.8 Å². The van der Waals surface area contributed by atoms with Gasteiger partial charge in [0.15, 0.2) is 0 Å². The molecule has 0 aromatic heterocycles. The summed E-state index contributed by atoms with van der Waals surface area (Å²) >= 11 is 0. The highest BCUT2D eigenvalue weighted by atomic mass is 16.5. The molecule has 0 radical (unpaired) electrons. The van der Waals surface area contributed by atoms with Gasteiger partial charge in [0, 0.05) is 19.0 Å². The van der Waals surface area contributed by atoms with Crippen molar-refractivity contribution >= 4 is 24.3 Å². The van der Waals surface area contributed by atoms with Gasteiger partial charge in [-0.15, -0.1) is 0 Å². The van der Waals surface area contributed by atoms with Crippen molar-refractivity contribution in [3.8, 4) is 0 Å². The van der Waals surface area contributed by atoms with E-state index in [1.165, 1.54) is 4.90 Å². The highest BCUT2D eigenvalue weighted by Gasteiger charge is 2.39. The van der Waals surface area contributed by atoms with Crippen LogP contribution in [0.2, 0.25) is 0 Å². The number of carbonyl (C=O) groups is 4. The third-order valence-corrected chi connectivity index (χ3v) is 7.21. The lowest BCUT2D eigenvalue weighted by atomic mass is 9.91. The van der Waals surface area contributed by atoms with Gasteiger partial charge in [-0.3, -0.25) is 24.9 Å². The molecule has 3 atom stereocenters. The SMILES string of the molecule is CN1CCCC(COC(=O)NC(=O)[C@@H]2CCCN2C(=O)[C@H](CC2CCCC2)CN(O)C=O)C1. The number of hydrogen-bond donors (Lipinski definition) is 2. The Morgan fingerprint density at radius 1 is 1.09 bits per heavy atom. The van der Waals surface area contributed by atoms with E-state index < -0.39 is 24.0 Å². The van der Waals surface area contributed by atoms with E-state index in [9.17, 15) is 24.4 Å². The summed E-state index contributed by atoms with van der Waals surface area (Å²) in [4.78, 5) is 53.0. The van der Waals surface area contributed by atoms with E-state index in [4.69, 9.17) is 4.74 Å². The smallest absolute Gasteiger partial charge is 0.413 e. The predicted molar refractivity (Wildman–Crippen MR) is 119 cm³/mol. The number of likely N-dealkylation sites (tertiary alicyclic amines) is 2. The zero-order valence-electron chi connectivity index (χ0n) is 19.6. The molecule has 10 nitrogen and oxygen atoms in total. The van der Waals surface area contributed by atoms with Crippen molar-refractivity contribution < 1.29 is 29.1 Å². The van der Waals surface area contributed by atoms with Crippen LogP contribution >= 0.6 is 0 Å². The summed E-state index contributed by atoms with van der Waals surface area (Å²) in [6.07, 6.45) is 7.55. The second kappa shape index (κ2) is 12.3. The molecule has 33 heavy (non-hydrogen) atoms. The Labute approximate surface area is 195 Å². The molecule has 3 aliphatic rings. The standard InChI is InChI=1S/C23H38N4O6/c1-25-10-4-8-18(13-25)15-33-23(31)24-21(29)20-9-5-11-27(20)22(30)19(14-26(32)16-28)12-17-6-2-3-7-17/h16-20,32H,2-15H2,1H3,(H,24,29,31)/t18?,19-,20+/m1/s1. The number of ether oxygens (including phenoxy) is 1. The van der Waals surface area contributed by atoms with Crippen molar-refractivity contribution in [2.75, 3.05) is 39.8 Å². The van der Waals surface area contributed by atoms with Crippen molar-refractivity contribution in [3.05, 3.63) is 0 Å². The summed E-state index contributed by atoms with van der Waals surface area (Å²) in [6, 6.07) is -0.750. The summed E-state index contributed by atoms with van der Waals surface area (Å²) in [6.45, 7) is 2.47. The Hall–Kier alpha value is -2.20. The van der Waals surface area contributed by atoms with E-state index >= 15 is 0 Å². The number of alkyl carbamates (subject to hydrolysis) is 1. The number of amides is 4. The maximum absolute atomic E-state index is 13.3. The molecule has 2 N–H and O–H groups in total. The first-order chi connectivity index (χ1) is 15.9. The Morgan fingerprint density at radius 2 is 1.79 bits per heavy atom. The molecule has 2 heterocycles. The number of nitrogens with one attached hydrogen (secondary N) is 1. The van der Waals surface area contributed by atoms with Gasteiger partial charge in [-0.2, -0.15) is 0 Å². The van der Waals surface area contributed by atoms with E-state index in [-0.39, 0.29) is 25.0 Å². The number of rotatable bonds is 9. The minimum atomic E-state index is -0.780. The van der Waals surface area contributed by atoms with Gasteiger partial charge in [-0.1, -0.05) is 25.7 Å². The number of nitrogens with zero attached hydrogens (tertiary/aromatic N) is 3. The first-order valence-electron chi connectivity index (χ1n) is 12.2. The fourth-order valence-electron chi connectivity index (χ4n) is 5.53. The van der Waals surface area contributed by atoms with Crippen LogP contribution in [0.1, 0.15) is 57.8 Å². The molecule has 0 aromatic rings. The van der Waals surface area contributed by atoms with Crippen LogP contribution < -0.4 is 5.32 Å². The second-order valence-corrected chi connectivity index (χ2v) is 9.86. The number of carbonyl (C=O) groups excluding carboxylic acids is 4. The van der Waals surface area contributed by atoms with E-state index in [2.05, 4.69) is 10.2 Å². The van der Waals surface area contributed by atoms with Crippen molar-refractivity contribution in [1.29, 1.82) is 0 Å². The first-order valence-corrected chi connectivity index (χ1v) is 12.2. The van der Waals surface area contributed by atoms with Gasteiger partial charge in [0.25, 0.3) is 5.91 Å². The average Bonchev–Trinajstić information content (AvgIpc) is 3.49. The Bertz CT molecular complexity index is 698. The minimum Gasteiger partial charge on any atom is -0.449 e. The monoisotopic (exact) mass is 466 g/mol. The zero-order chi connectivity index (χ0) is 23.8. The van der Waals surface area contributed by atoms with Crippen molar-refractivity contribution in [2.24, 2.45) is 17.8 Å². The first kappa shape index (κ1) is 25.4. The number of imide groups is 1. The number of hydroxylamine groups is 2. The highest BCUT2D eigenvalue weighted by molar-refractivity contribution is 5.97. The van der Waals surface area contributed by atoms with Crippen LogP contribution in [0.15, 0.2) is 0 Å². The fourth-order valence-corrected chi connectivity index (χ4v) is 5.53. The van der Waals surface area contributed by atoms with Gasteiger partial charge in [-0.05, 0) is 51.6 Å². The van der Waals surface area contributed by atoms with Crippen LogP contribution in [0.25, 0.3) is 0 Å². The largest absolute Gasteiger partial charge is 0.449 e. The van der Waals surface area contributed by atoms with Crippen LogP contribution in [-0.2, 0) is 19.1 Å². The molecule has 0 bridgehead atoms. The summed E-state index contributed by atoms with van der Waals surface area (Å²) in [7, 11) is 2.03. The Morgan fingerprint density at radius 3 is 2.48 bits per heavy atom. The molecule has 1 saturated carbocycles. The minimum absolute atomic E-state index is 0.0957. The topological polar surface area (TPSA) is 119 Å². The third kappa shape index (κ3) is 7.40. The van der Waals surface area contributed by atoms with E-state index in [1.807, 2.05) is 7.05 Å². The molecule has 0 aromatic carbocycles. The molecule has 3 rings (SSSR count). The van der Waals surface area contributed by atoms with Crippen LogP contribution in [-0.4, -0.2) is 90.3 Å². The lowest BCUT2D eigenvalue weighted by Gasteiger charge is -2.30. The molecule has 4 amide bonds. The van der Waals surface area contributed by atoms with Crippen molar-refractivity contribution in [1.82, 2.24) is 20.2 Å². The number of hydrogen-bond acceptors (Lipinski definition) is 7. The quantitative estimate of drug-likeness (QED) is 0.301. The van der Waals surface area contributed by atoms with Gasteiger partial charge < -0.3 is 14.5 Å². The molecule has 1 aliphatic carbocycles. The molecular formula is C23H38N4O6. The van der Waals surface area contributed by atoms with Crippen LogP contribution in [0.3, 0.4) is 0 Å². The van der Waals surface area contributed by atoms with Gasteiger partial charge in [0.05, 0.1) is 19.1 Å². The molecule has 2 aliphatic heterocycles. The molecular weight excluding hydrogens is 428 g/mol. The lowest BCUT2D eigenvalue weighted by Crippen LogP contribution is -2.50. The van der Waals surface area contributed by atoms with E-state index in [1.54, 1.807) is 0 Å². The molecule has 186 valence electrons. The molecule has 1 unspecified atom stereocenters. The van der Waals surface area contributed by atoms with Gasteiger partial charge in [0.1, 0.15) is 6.04 Å². The molecule has 3 fully saturated rings. The van der Waals surface area contributed by atoms with Crippen LogP contribution in [0, 0.1) is 17.8 Å². The van der Waals surface area contributed by atoms with E-state index in [0.717, 1.165) is 51.6 Å². The molecule has 2 saturated heterocycles. The Kier molecular flexibility index (Phi) is 9.49.